The van der Waals surface area contributed by atoms with Crippen LogP contribution in [0, 0.1) is 17.5 Å². The number of halogens is 6. The minimum atomic E-state index is -3.85. The van der Waals surface area contributed by atoms with Crippen LogP contribution < -0.4 is 10.2 Å². The van der Waals surface area contributed by atoms with Crippen LogP contribution in [0.3, 0.4) is 0 Å². The van der Waals surface area contributed by atoms with Crippen molar-refractivity contribution < 1.29 is 41.8 Å². The van der Waals surface area contributed by atoms with Crippen molar-refractivity contribution in [3.05, 3.63) is 118 Å². The van der Waals surface area contributed by atoms with Gasteiger partial charge in [-0.2, -0.15) is 0 Å². The molecule has 0 unspecified atom stereocenters. The number of fused-ring (bicyclic) bond motifs is 1. The highest BCUT2D eigenvalue weighted by Gasteiger charge is 2.56. The summed E-state index contributed by atoms with van der Waals surface area (Å²) in [4.78, 5) is 27.4. The van der Waals surface area contributed by atoms with Crippen molar-refractivity contribution in [3.8, 4) is 11.1 Å². The molecule has 0 aromatic heterocycles. The molecule has 0 saturated carbocycles. The molecule has 6 nitrogen and oxygen atoms in total. The predicted molar refractivity (Wildman–Crippen MR) is 150 cm³/mol. The van der Waals surface area contributed by atoms with Crippen LogP contribution in [-0.4, -0.2) is 41.1 Å². The average Bonchev–Trinajstić information content (AvgIpc) is 3.06. The number of aliphatic hydroxyl groups excluding tert-OH is 1. The second-order valence-electron chi connectivity index (χ2n) is 9.91. The molecule has 4 aromatic carbocycles. The monoisotopic (exact) mass is 616 g/mol. The summed E-state index contributed by atoms with van der Waals surface area (Å²) in [6, 6.07) is 15.2. The van der Waals surface area contributed by atoms with E-state index >= 15 is 4.39 Å². The highest BCUT2D eigenvalue weighted by molar-refractivity contribution is 6.30. The fraction of sp³-hybridized carbons (Fsp3) is 0.161. The number of hydrogen-bond donors (Lipinski definition) is 3. The van der Waals surface area contributed by atoms with Crippen molar-refractivity contribution in [2.45, 2.75) is 17.9 Å². The minimum Gasteiger partial charge on any atom is -0.393 e. The molecular weight excluding hydrogens is 595 g/mol. The molecule has 3 N–H and O–H groups in total. The number of alkyl halides is 2. The number of aliphatic hydroxyl groups is 2. The van der Waals surface area contributed by atoms with Crippen LogP contribution in [0.1, 0.15) is 32.7 Å². The Morgan fingerprint density at radius 1 is 0.907 bits per heavy atom. The van der Waals surface area contributed by atoms with E-state index in [1.165, 1.54) is 42.5 Å². The molecule has 5 rings (SSSR count). The first-order valence-electron chi connectivity index (χ1n) is 12.8. The normalized spacial score (nSPS) is 17.6. The van der Waals surface area contributed by atoms with Crippen LogP contribution in [0.2, 0.25) is 5.02 Å². The molecule has 12 heteroatoms. The SMILES string of the molecule is O=C(Nc1ccc(C(=O)N2CCC(F)(F)[C@](O)(CO)c3cc(Cl)ccc32)cc1F)c1cc(F)ccc1-c1ccccc1F. The zero-order valence-electron chi connectivity index (χ0n) is 22.1. The van der Waals surface area contributed by atoms with E-state index in [0.29, 0.717) is 0 Å². The average molecular weight is 617 g/mol. The van der Waals surface area contributed by atoms with Gasteiger partial charge in [0.15, 0.2) is 5.60 Å². The van der Waals surface area contributed by atoms with Crippen molar-refractivity contribution in [1.29, 1.82) is 0 Å². The van der Waals surface area contributed by atoms with Gasteiger partial charge in [-0.3, -0.25) is 9.59 Å². The van der Waals surface area contributed by atoms with E-state index in [0.717, 1.165) is 41.3 Å². The fourth-order valence-electron chi connectivity index (χ4n) is 4.98. The standard InChI is InChI=1S/C31H22ClF5N2O4/c32-18-6-10-27-23(14-18)30(43,16-40)31(36,37)11-12-39(27)29(42)17-5-9-26(25(35)13-17)38-28(41)22-15-19(33)7-8-20(22)21-3-1-2-4-24(21)34/h1-10,13-15,40,43H,11-12,16H2,(H,38,41)/t30-/m0/s1. The lowest BCUT2D eigenvalue weighted by Crippen LogP contribution is -2.48. The Hall–Kier alpha value is -4.32. The molecule has 0 saturated heterocycles. The van der Waals surface area contributed by atoms with Gasteiger partial charge < -0.3 is 20.4 Å². The Kier molecular flexibility index (Phi) is 7.99. The van der Waals surface area contributed by atoms with E-state index in [1.54, 1.807) is 0 Å². The van der Waals surface area contributed by atoms with Crippen LogP contribution >= 0.6 is 11.6 Å². The van der Waals surface area contributed by atoms with Crippen molar-refractivity contribution in [2.75, 3.05) is 23.4 Å². The highest BCUT2D eigenvalue weighted by atomic mass is 35.5. The molecule has 0 fully saturated rings. The number of hydrogen-bond acceptors (Lipinski definition) is 4. The number of nitrogens with zero attached hydrogens (tertiary/aromatic N) is 1. The second-order valence-corrected chi connectivity index (χ2v) is 10.3. The summed E-state index contributed by atoms with van der Waals surface area (Å²) in [7, 11) is 0. The molecule has 1 atom stereocenters. The number of carbonyl (C=O) groups is 2. The van der Waals surface area contributed by atoms with E-state index in [4.69, 9.17) is 11.6 Å². The summed E-state index contributed by atoms with van der Waals surface area (Å²) in [5.74, 6) is -8.25. The molecule has 0 bridgehead atoms. The van der Waals surface area contributed by atoms with Gasteiger partial charge in [-0.05, 0) is 60.2 Å². The first-order valence-corrected chi connectivity index (χ1v) is 13.2. The van der Waals surface area contributed by atoms with Gasteiger partial charge >= 0.3 is 0 Å². The quantitative estimate of drug-likeness (QED) is 0.222. The zero-order chi connectivity index (χ0) is 31.1. The molecule has 2 amide bonds. The Labute approximate surface area is 247 Å². The molecule has 43 heavy (non-hydrogen) atoms. The molecule has 0 radical (unpaired) electrons. The predicted octanol–water partition coefficient (Wildman–Crippen LogP) is 6.54. The lowest BCUT2D eigenvalue weighted by Gasteiger charge is -2.33. The van der Waals surface area contributed by atoms with Gasteiger partial charge in [0, 0.05) is 34.7 Å². The maximum absolute atomic E-state index is 15.2. The smallest absolute Gasteiger partial charge is 0.284 e. The Morgan fingerprint density at radius 2 is 1.65 bits per heavy atom. The van der Waals surface area contributed by atoms with Gasteiger partial charge in [0.1, 0.15) is 17.5 Å². The molecule has 0 aliphatic carbocycles. The first kappa shape index (κ1) is 30.1. The first-order chi connectivity index (χ1) is 20.4. The third kappa shape index (κ3) is 5.47. The van der Waals surface area contributed by atoms with Crippen molar-refractivity contribution in [3.63, 3.8) is 0 Å². The third-order valence-electron chi connectivity index (χ3n) is 7.28. The van der Waals surface area contributed by atoms with E-state index in [9.17, 15) is 37.4 Å². The van der Waals surface area contributed by atoms with Crippen molar-refractivity contribution >= 4 is 34.8 Å². The number of carbonyl (C=O) groups excluding carboxylic acids is 2. The lowest BCUT2D eigenvalue weighted by molar-refractivity contribution is -0.205. The van der Waals surface area contributed by atoms with Gasteiger partial charge in [0.05, 0.1) is 23.5 Å². The van der Waals surface area contributed by atoms with Crippen molar-refractivity contribution in [1.82, 2.24) is 0 Å². The van der Waals surface area contributed by atoms with Crippen LogP contribution in [0.15, 0.2) is 78.9 Å². The van der Waals surface area contributed by atoms with Crippen LogP contribution in [0.5, 0.6) is 0 Å². The van der Waals surface area contributed by atoms with Crippen LogP contribution in [0.25, 0.3) is 11.1 Å². The van der Waals surface area contributed by atoms with E-state index in [2.05, 4.69) is 5.32 Å². The lowest BCUT2D eigenvalue weighted by atomic mass is 9.86. The molecule has 1 heterocycles. The second kappa shape index (κ2) is 11.4. The maximum Gasteiger partial charge on any atom is 0.284 e. The highest BCUT2D eigenvalue weighted by Crippen LogP contribution is 2.47. The van der Waals surface area contributed by atoms with Gasteiger partial charge in [-0.25, -0.2) is 22.0 Å². The number of amides is 2. The van der Waals surface area contributed by atoms with Crippen LogP contribution in [0.4, 0.5) is 33.3 Å². The van der Waals surface area contributed by atoms with Crippen LogP contribution in [-0.2, 0) is 5.60 Å². The summed E-state index contributed by atoms with van der Waals surface area (Å²) in [6.07, 6.45) is -1.03. The topological polar surface area (TPSA) is 89.9 Å². The Morgan fingerprint density at radius 3 is 2.35 bits per heavy atom. The summed E-state index contributed by atoms with van der Waals surface area (Å²) in [5, 5.41) is 22.8. The van der Waals surface area contributed by atoms with Gasteiger partial charge in [-0.1, -0.05) is 35.9 Å². The summed E-state index contributed by atoms with van der Waals surface area (Å²) >= 11 is 5.97. The molecule has 1 aliphatic heterocycles. The minimum absolute atomic E-state index is 0.0201. The van der Waals surface area contributed by atoms with Gasteiger partial charge in [0.25, 0.3) is 17.7 Å². The number of rotatable bonds is 5. The Balaban J connectivity index is 1.45. The van der Waals surface area contributed by atoms with Crippen molar-refractivity contribution in [2.24, 2.45) is 0 Å². The summed E-state index contributed by atoms with van der Waals surface area (Å²) < 4.78 is 73.7. The van der Waals surface area contributed by atoms with E-state index in [1.807, 2.05) is 0 Å². The summed E-state index contributed by atoms with van der Waals surface area (Å²) in [5.41, 5.74) is -4.56. The zero-order valence-corrected chi connectivity index (χ0v) is 22.8. The fourth-order valence-corrected chi connectivity index (χ4v) is 5.15. The maximum atomic E-state index is 15.2. The van der Waals surface area contributed by atoms with E-state index < -0.39 is 71.6 Å². The molecular formula is C31H22ClF5N2O4. The third-order valence-corrected chi connectivity index (χ3v) is 7.51. The number of nitrogens with one attached hydrogen (secondary N) is 1. The Bertz CT molecular complexity index is 1750. The molecule has 0 spiro atoms. The summed E-state index contributed by atoms with van der Waals surface area (Å²) in [6.45, 7) is -1.95. The largest absolute Gasteiger partial charge is 0.393 e. The van der Waals surface area contributed by atoms with E-state index in [-0.39, 0.29) is 33.0 Å². The molecule has 4 aromatic rings. The molecule has 1 aliphatic rings. The number of benzene rings is 4. The van der Waals surface area contributed by atoms with Gasteiger partial charge in [-0.15, -0.1) is 0 Å². The van der Waals surface area contributed by atoms with Gasteiger partial charge in [0.2, 0.25) is 0 Å². The molecule has 222 valence electrons. The number of anilines is 2.